The third-order valence-corrected chi connectivity index (χ3v) is 2.71. The van der Waals surface area contributed by atoms with E-state index >= 15 is 0 Å². The van der Waals surface area contributed by atoms with E-state index in [1.54, 1.807) is 17.0 Å². The molecule has 4 heteroatoms. The predicted octanol–water partition coefficient (Wildman–Crippen LogP) is 1.88. The zero-order chi connectivity index (χ0) is 12.8. The third-order valence-electron chi connectivity index (χ3n) is 2.71. The Morgan fingerprint density at radius 1 is 1.47 bits per heavy atom. The molecule has 17 heavy (non-hydrogen) atoms. The van der Waals surface area contributed by atoms with E-state index in [0.717, 1.165) is 0 Å². The average Bonchev–Trinajstić information content (AvgIpc) is 2.35. The van der Waals surface area contributed by atoms with Gasteiger partial charge in [-0.2, -0.15) is 0 Å². The average molecular weight is 238 g/mol. The minimum Gasteiger partial charge on any atom is -0.339 e. The second-order valence-electron chi connectivity index (χ2n) is 4.16. The number of amides is 1. The van der Waals surface area contributed by atoms with E-state index in [9.17, 15) is 9.18 Å². The van der Waals surface area contributed by atoms with Gasteiger partial charge >= 0.3 is 0 Å². The van der Waals surface area contributed by atoms with Gasteiger partial charge < -0.3 is 10.6 Å². The van der Waals surface area contributed by atoms with E-state index in [4.69, 9.17) is 5.73 Å². The molecular formula is C13H19FN2O. The molecule has 1 aromatic carbocycles. The summed E-state index contributed by atoms with van der Waals surface area (Å²) in [6, 6.07) is 6.04. The summed E-state index contributed by atoms with van der Waals surface area (Å²) in [7, 11) is 0. The van der Waals surface area contributed by atoms with Gasteiger partial charge in [-0.05, 0) is 31.5 Å². The fraction of sp³-hybridized carbons (Fsp3) is 0.462. The molecule has 0 aliphatic carbocycles. The Morgan fingerprint density at radius 2 is 2.12 bits per heavy atom. The first-order valence-corrected chi connectivity index (χ1v) is 5.84. The van der Waals surface area contributed by atoms with E-state index < -0.39 is 5.82 Å². The van der Waals surface area contributed by atoms with Gasteiger partial charge in [-0.1, -0.05) is 19.1 Å². The highest BCUT2D eigenvalue weighted by atomic mass is 19.1. The number of carbonyl (C=O) groups is 1. The molecule has 2 N–H and O–H groups in total. The lowest BCUT2D eigenvalue weighted by Crippen LogP contribution is -2.36. The van der Waals surface area contributed by atoms with Crippen molar-refractivity contribution in [3.05, 3.63) is 35.6 Å². The second-order valence-corrected chi connectivity index (χ2v) is 4.16. The van der Waals surface area contributed by atoms with Crippen LogP contribution in [0.15, 0.2) is 24.3 Å². The van der Waals surface area contributed by atoms with Crippen molar-refractivity contribution in [3.63, 3.8) is 0 Å². The van der Waals surface area contributed by atoms with Gasteiger partial charge in [0.2, 0.25) is 0 Å². The molecule has 0 radical (unpaired) electrons. The highest BCUT2D eigenvalue weighted by Crippen LogP contribution is 2.11. The summed E-state index contributed by atoms with van der Waals surface area (Å²) in [6.45, 7) is 5.47. The van der Waals surface area contributed by atoms with Crippen molar-refractivity contribution in [2.24, 2.45) is 11.7 Å². The first-order chi connectivity index (χ1) is 8.10. The molecule has 3 nitrogen and oxygen atoms in total. The maximum absolute atomic E-state index is 13.5. The van der Waals surface area contributed by atoms with Crippen LogP contribution in [0.4, 0.5) is 4.39 Å². The molecule has 0 bridgehead atoms. The summed E-state index contributed by atoms with van der Waals surface area (Å²) >= 11 is 0. The Hall–Kier alpha value is -1.42. The van der Waals surface area contributed by atoms with Gasteiger partial charge in [-0.25, -0.2) is 4.39 Å². The van der Waals surface area contributed by atoms with Crippen LogP contribution in [0.1, 0.15) is 24.2 Å². The summed E-state index contributed by atoms with van der Waals surface area (Å²) in [4.78, 5) is 13.7. The zero-order valence-electron chi connectivity index (χ0n) is 10.3. The van der Waals surface area contributed by atoms with Gasteiger partial charge in [0.25, 0.3) is 5.91 Å². The first-order valence-electron chi connectivity index (χ1n) is 5.84. The number of rotatable bonds is 5. The molecule has 1 amide bonds. The summed E-state index contributed by atoms with van der Waals surface area (Å²) < 4.78 is 13.5. The van der Waals surface area contributed by atoms with E-state index in [1.807, 2.05) is 13.8 Å². The number of nitrogens with two attached hydrogens (primary N) is 1. The molecule has 0 aromatic heterocycles. The molecule has 0 saturated carbocycles. The van der Waals surface area contributed by atoms with Crippen molar-refractivity contribution in [1.29, 1.82) is 0 Å². The van der Waals surface area contributed by atoms with Gasteiger partial charge in [0, 0.05) is 13.1 Å². The van der Waals surface area contributed by atoms with Crippen LogP contribution < -0.4 is 5.73 Å². The lowest BCUT2D eigenvalue weighted by atomic mass is 10.1. The highest BCUT2D eigenvalue weighted by Gasteiger charge is 2.18. The first kappa shape index (κ1) is 13.6. The van der Waals surface area contributed by atoms with Gasteiger partial charge in [0.1, 0.15) is 5.82 Å². The number of nitrogens with zero attached hydrogens (tertiary/aromatic N) is 1. The van der Waals surface area contributed by atoms with Crippen LogP contribution in [-0.2, 0) is 0 Å². The Kier molecular flexibility index (Phi) is 5.10. The van der Waals surface area contributed by atoms with Crippen LogP contribution in [0.5, 0.6) is 0 Å². The minimum absolute atomic E-state index is 0.124. The topological polar surface area (TPSA) is 46.3 Å². The molecule has 1 rings (SSSR count). The molecule has 0 aliphatic heterocycles. The molecule has 1 unspecified atom stereocenters. The van der Waals surface area contributed by atoms with Gasteiger partial charge in [0.15, 0.2) is 0 Å². The van der Waals surface area contributed by atoms with E-state index in [2.05, 4.69) is 0 Å². The Bertz CT molecular complexity index is 381. The lowest BCUT2D eigenvalue weighted by Gasteiger charge is -2.24. The zero-order valence-corrected chi connectivity index (χ0v) is 10.3. The van der Waals surface area contributed by atoms with Crippen molar-refractivity contribution in [2.45, 2.75) is 13.8 Å². The summed E-state index contributed by atoms with van der Waals surface area (Å²) in [5, 5.41) is 0. The molecule has 0 fully saturated rings. The second kappa shape index (κ2) is 6.35. The lowest BCUT2D eigenvalue weighted by molar-refractivity contribution is 0.0739. The van der Waals surface area contributed by atoms with Crippen molar-refractivity contribution >= 4 is 5.91 Å². The molecule has 0 spiro atoms. The van der Waals surface area contributed by atoms with Crippen LogP contribution in [0.25, 0.3) is 0 Å². The summed E-state index contributed by atoms with van der Waals surface area (Å²) in [5.74, 6) is -0.534. The van der Waals surface area contributed by atoms with E-state index in [0.29, 0.717) is 19.6 Å². The van der Waals surface area contributed by atoms with Crippen molar-refractivity contribution in [1.82, 2.24) is 4.90 Å². The van der Waals surface area contributed by atoms with Gasteiger partial charge in [0.05, 0.1) is 5.56 Å². The number of benzene rings is 1. The van der Waals surface area contributed by atoms with Crippen molar-refractivity contribution in [2.75, 3.05) is 19.6 Å². The molecule has 0 aliphatic rings. The Morgan fingerprint density at radius 3 is 2.65 bits per heavy atom. The van der Waals surface area contributed by atoms with Crippen LogP contribution in [-0.4, -0.2) is 30.4 Å². The van der Waals surface area contributed by atoms with E-state index in [-0.39, 0.29) is 17.4 Å². The number of hydrogen-bond donors (Lipinski definition) is 1. The maximum Gasteiger partial charge on any atom is 0.256 e. The third kappa shape index (κ3) is 3.53. The summed E-state index contributed by atoms with van der Waals surface area (Å²) in [5.41, 5.74) is 5.66. The number of hydrogen-bond acceptors (Lipinski definition) is 2. The molecular weight excluding hydrogens is 219 g/mol. The quantitative estimate of drug-likeness (QED) is 0.851. The standard InChI is InChI=1S/C13H19FN2O/c1-3-16(9-10(2)8-15)13(17)11-6-4-5-7-12(11)14/h4-7,10H,3,8-9,15H2,1-2H3. The minimum atomic E-state index is -0.476. The fourth-order valence-corrected chi connectivity index (χ4v) is 1.61. The highest BCUT2D eigenvalue weighted by molar-refractivity contribution is 5.94. The van der Waals surface area contributed by atoms with Gasteiger partial charge in [-0.3, -0.25) is 4.79 Å². The molecule has 94 valence electrons. The van der Waals surface area contributed by atoms with Crippen molar-refractivity contribution < 1.29 is 9.18 Å². The molecule has 0 saturated heterocycles. The SMILES string of the molecule is CCN(CC(C)CN)C(=O)c1ccccc1F. The molecule has 1 atom stereocenters. The maximum atomic E-state index is 13.5. The fourth-order valence-electron chi connectivity index (χ4n) is 1.61. The largest absolute Gasteiger partial charge is 0.339 e. The normalized spacial score (nSPS) is 12.2. The molecule has 1 aromatic rings. The van der Waals surface area contributed by atoms with Crippen LogP contribution in [0, 0.1) is 11.7 Å². The smallest absolute Gasteiger partial charge is 0.256 e. The Balaban J connectivity index is 2.83. The number of carbonyl (C=O) groups excluding carboxylic acids is 1. The van der Waals surface area contributed by atoms with Crippen LogP contribution >= 0.6 is 0 Å². The van der Waals surface area contributed by atoms with E-state index in [1.165, 1.54) is 12.1 Å². The Labute approximate surface area is 101 Å². The molecule has 0 heterocycles. The van der Waals surface area contributed by atoms with Crippen molar-refractivity contribution in [3.8, 4) is 0 Å². The monoisotopic (exact) mass is 238 g/mol. The van der Waals surface area contributed by atoms with Gasteiger partial charge in [-0.15, -0.1) is 0 Å². The van der Waals surface area contributed by atoms with Crippen LogP contribution in [0.2, 0.25) is 0 Å². The van der Waals surface area contributed by atoms with Crippen LogP contribution in [0.3, 0.4) is 0 Å². The summed E-state index contributed by atoms with van der Waals surface area (Å²) in [6.07, 6.45) is 0. The number of halogens is 1. The predicted molar refractivity (Wildman–Crippen MR) is 66.2 cm³/mol.